The van der Waals surface area contributed by atoms with Gasteiger partial charge in [-0.15, -0.1) is 0 Å². The highest BCUT2D eigenvalue weighted by Gasteiger charge is 1.91. The number of carbonyl (C=O) groups excluding carboxylic acids is 2. The average Bonchev–Trinajstić information content (AvgIpc) is 2.39. The van der Waals surface area contributed by atoms with Gasteiger partial charge in [-0.3, -0.25) is 4.79 Å². The standard InChI is InChI=1S/C5H9NO.C5H8O2.C3H4O2/c1-4-5(7)6(2)3;1-3-5(6)7-4-2;1-2-3(4)5/h4H,1H2,2-3H3;3H,1,4H2,2H3;2H,1H2,(H,4,5). The van der Waals surface area contributed by atoms with Crippen molar-refractivity contribution >= 4 is 17.8 Å². The van der Waals surface area contributed by atoms with Crippen molar-refractivity contribution in [1.82, 2.24) is 4.90 Å². The second-order valence-corrected chi connectivity index (χ2v) is 2.94. The van der Waals surface area contributed by atoms with Gasteiger partial charge in [0.05, 0.1) is 6.61 Å². The highest BCUT2D eigenvalue weighted by molar-refractivity contribution is 5.86. The molecule has 0 radical (unpaired) electrons. The van der Waals surface area contributed by atoms with Gasteiger partial charge in [0.1, 0.15) is 0 Å². The zero-order valence-electron chi connectivity index (χ0n) is 11.6. The quantitative estimate of drug-likeness (QED) is 0.614. The van der Waals surface area contributed by atoms with Gasteiger partial charge in [0.15, 0.2) is 0 Å². The summed E-state index contributed by atoms with van der Waals surface area (Å²) in [6, 6.07) is 0. The molecule has 0 saturated carbocycles. The van der Waals surface area contributed by atoms with Crippen LogP contribution < -0.4 is 0 Å². The third-order valence-electron chi connectivity index (χ3n) is 1.24. The number of amides is 1. The van der Waals surface area contributed by atoms with E-state index >= 15 is 0 Å². The fourth-order valence-corrected chi connectivity index (χ4v) is 0.384. The number of carboxylic acid groups (broad SMARTS) is 1. The first-order valence-corrected chi connectivity index (χ1v) is 5.24. The lowest BCUT2D eigenvalue weighted by atomic mass is 10.5. The van der Waals surface area contributed by atoms with Crippen LogP contribution in [0.15, 0.2) is 38.0 Å². The van der Waals surface area contributed by atoms with Crippen molar-refractivity contribution < 1.29 is 24.2 Å². The van der Waals surface area contributed by atoms with Gasteiger partial charge >= 0.3 is 11.9 Å². The predicted molar refractivity (Wildman–Crippen MR) is 73.6 cm³/mol. The topological polar surface area (TPSA) is 83.9 Å². The minimum atomic E-state index is -0.981. The Morgan fingerprint density at radius 2 is 1.53 bits per heavy atom. The Morgan fingerprint density at radius 1 is 1.11 bits per heavy atom. The van der Waals surface area contributed by atoms with Crippen LogP contribution in [0.4, 0.5) is 0 Å². The van der Waals surface area contributed by atoms with Crippen molar-refractivity contribution in [3.8, 4) is 0 Å². The molecule has 0 fully saturated rings. The number of rotatable bonds is 4. The van der Waals surface area contributed by atoms with Gasteiger partial charge in [-0.25, -0.2) is 9.59 Å². The minimum absolute atomic E-state index is 0.0556. The highest BCUT2D eigenvalue weighted by atomic mass is 16.5. The van der Waals surface area contributed by atoms with Crippen molar-refractivity contribution in [1.29, 1.82) is 0 Å². The molecule has 0 aromatic carbocycles. The summed E-state index contributed by atoms with van der Waals surface area (Å²) in [5, 5.41) is 7.60. The summed E-state index contributed by atoms with van der Waals surface area (Å²) in [5.41, 5.74) is 0. The summed E-state index contributed by atoms with van der Waals surface area (Å²) in [7, 11) is 3.37. The molecule has 0 atom stereocenters. The van der Waals surface area contributed by atoms with E-state index in [-0.39, 0.29) is 11.9 Å². The van der Waals surface area contributed by atoms with E-state index in [0.717, 1.165) is 12.2 Å². The van der Waals surface area contributed by atoms with E-state index < -0.39 is 5.97 Å². The first-order valence-electron chi connectivity index (χ1n) is 5.24. The molecule has 1 amide bonds. The van der Waals surface area contributed by atoms with Crippen LogP contribution in [0.1, 0.15) is 6.92 Å². The van der Waals surface area contributed by atoms with Crippen molar-refractivity contribution in [2.75, 3.05) is 20.7 Å². The van der Waals surface area contributed by atoms with Crippen LogP contribution in [-0.2, 0) is 19.1 Å². The average molecular weight is 271 g/mol. The molecule has 0 aliphatic carbocycles. The van der Waals surface area contributed by atoms with Gasteiger partial charge in [0, 0.05) is 26.2 Å². The molecule has 0 bridgehead atoms. The molecule has 19 heavy (non-hydrogen) atoms. The maximum absolute atomic E-state index is 10.3. The normalized spacial score (nSPS) is 7.32. The Balaban J connectivity index is -0.000000206. The van der Waals surface area contributed by atoms with Crippen LogP contribution in [0.3, 0.4) is 0 Å². The maximum atomic E-state index is 10.3. The van der Waals surface area contributed by atoms with Crippen molar-refractivity contribution in [2.24, 2.45) is 0 Å². The number of aliphatic carboxylic acids is 1. The maximum Gasteiger partial charge on any atom is 0.330 e. The third-order valence-corrected chi connectivity index (χ3v) is 1.24. The lowest BCUT2D eigenvalue weighted by molar-refractivity contribution is -0.137. The number of esters is 1. The molecule has 108 valence electrons. The van der Waals surface area contributed by atoms with Crippen molar-refractivity contribution in [3.63, 3.8) is 0 Å². The van der Waals surface area contributed by atoms with Crippen LogP contribution in [0.25, 0.3) is 0 Å². The SMILES string of the molecule is C=CC(=O)N(C)C.C=CC(=O)O.C=CC(=O)OCC. The second-order valence-electron chi connectivity index (χ2n) is 2.94. The molecule has 6 heteroatoms. The molecule has 0 aliphatic rings. The lowest BCUT2D eigenvalue weighted by Gasteiger charge is -2.03. The fraction of sp³-hybridized carbons (Fsp3) is 0.308. The molecule has 0 aromatic rings. The molecule has 1 N–H and O–H groups in total. The lowest BCUT2D eigenvalue weighted by Crippen LogP contribution is -2.18. The monoisotopic (exact) mass is 271 g/mol. The van der Waals surface area contributed by atoms with Crippen LogP contribution in [0, 0.1) is 0 Å². The zero-order valence-corrected chi connectivity index (χ0v) is 11.6. The zero-order chi connectivity index (χ0) is 15.8. The van der Waals surface area contributed by atoms with Crippen LogP contribution in [0.5, 0.6) is 0 Å². The Hall–Kier alpha value is -2.37. The predicted octanol–water partition coefficient (Wildman–Crippen LogP) is 1.25. The number of hydrogen-bond donors (Lipinski definition) is 1. The van der Waals surface area contributed by atoms with Crippen LogP contribution in [0.2, 0.25) is 0 Å². The number of carbonyl (C=O) groups is 3. The summed E-state index contributed by atoms with van der Waals surface area (Å²) in [6.07, 6.45) is 3.25. The summed E-state index contributed by atoms with van der Waals surface area (Å²) < 4.78 is 4.43. The van der Waals surface area contributed by atoms with E-state index in [0.29, 0.717) is 6.61 Å². The number of likely N-dealkylation sites (N-methyl/N-ethyl adjacent to an activating group) is 1. The first-order chi connectivity index (χ1) is 8.76. The summed E-state index contributed by atoms with van der Waals surface area (Å²) in [5.74, 6) is -1.40. The summed E-state index contributed by atoms with van der Waals surface area (Å²) in [6.45, 7) is 11.6. The van der Waals surface area contributed by atoms with E-state index in [2.05, 4.69) is 24.5 Å². The van der Waals surface area contributed by atoms with Crippen LogP contribution in [-0.4, -0.2) is 48.6 Å². The number of carboxylic acids is 1. The molecular weight excluding hydrogens is 250 g/mol. The molecule has 0 heterocycles. The van der Waals surface area contributed by atoms with E-state index in [1.54, 1.807) is 21.0 Å². The molecule has 0 aromatic heterocycles. The molecule has 0 saturated heterocycles. The molecule has 0 rings (SSSR count). The Morgan fingerprint density at radius 3 is 1.58 bits per heavy atom. The smallest absolute Gasteiger partial charge is 0.330 e. The number of ether oxygens (including phenoxy) is 1. The molecule has 0 aliphatic heterocycles. The molecule has 6 nitrogen and oxygen atoms in total. The minimum Gasteiger partial charge on any atom is -0.478 e. The van der Waals surface area contributed by atoms with Gasteiger partial charge in [-0.2, -0.15) is 0 Å². The van der Waals surface area contributed by atoms with Gasteiger partial charge in [0.25, 0.3) is 0 Å². The molecular formula is C13H21NO5. The van der Waals surface area contributed by atoms with E-state index in [1.165, 1.54) is 11.0 Å². The first kappa shape index (κ1) is 21.9. The summed E-state index contributed by atoms with van der Waals surface area (Å²) in [4.78, 5) is 31.1. The Bertz CT molecular complexity index is 321. The van der Waals surface area contributed by atoms with Crippen molar-refractivity contribution in [2.45, 2.75) is 6.92 Å². The largest absolute Gasteiger partial charge is 0.478 e. The third kappa shape index (κ3) is 25.7. The van der Waals surface area contributed by atoms with E-state index in [4.69, 9.17) is 5.11 Å². The number of hydrogen-bond acceptors (Lipinski definition) is 4. The Kier molecular flexibility index (Phi) is 18.0. The van der Waals surface area contributed by atoms with E-state index in [1.807, 2.05) is 0 Å². The highest BCUT2D eigenvalue weighted by Crippen LogP contribution is 1.75. The number of nitrogens with zero attached hydrogens (tertiary/aromatic N) is 1. The molecule has 0 spiro atoms. The fourth-order valence-electron chi connectivity index (χ4n) is 0.384. The van der Waals surface area contributed by atoms with Gasteiger partial charge in [0.2, 0.25) is 5.91 Å². The van der Waals surface area contributed by atoms with Gasteiger partial charge in [-0.05, 0) is 13.0 Å². The van der Waals surface area contributed by atoms with Gasteiger partial charge < -0.3 is 14.7 Å². The molecule has 0 unspecified atom stereocenters. The van der Waals surface area contributed by atoms with Crippen molar-refractivity contribution in [3.05, 3.63) is 38.0 Å². The summed E-state index contributed by atoms with van der Waals surface area (Å²) >= 11 is 0. The van der Waals surface area contributed by atoms with Crippen LogP contribution >= 0.6 is 0 Å². The Labute approximate surface area is 113 Å². The van der Waals surface area contributed by atoms with E-state index in [9.17, 15) is 14.4 Å². The second kappa shape index (κ2) is 15.6. The van der Waals surface area contributed by atoms with Gasteiger partial charge in [-0.1, -0.05) is 19.7 Å².